The van der Waals surface area contributed by atoms with Gasteiger partial charge in [-0.25, -0.2) is 4.98 Å². The maximum atomic E-state index is 12.5. The number of hydrogen-bond acceptors (Lipinski definition) is 6. The Labute approximate surface area is 160 Å². The molecule has 11 heteroatoms. The van der Waals surface area contributed by atoms with E-state index < -0.39 is 18.8 Å². The molecule has 6 nitrogen and oxygen atoms in total. The highest BCUT2D eigenvalue weighted by atomic mass is 32.2. The predicted octanol–water partition coefficient (Wildman–Crippen LogP) is 3.29. The van der Waals surface area contributed by atoms with Gasteiger partial charge in [0.05, 0.1) is 5.75 Å². The fraction of sp³-hybridized carbons (Fsp3) is 0.250. The van der Waals surface area contributed by atoms with Crippen LogP contribution < -0.4 is 5.32 Å². The van der Waals surface area contributed by atoms with Crippen molar-refractivity contribution in [3.63, 3.8) is 0 Å². The summed E-state index contributed by atoms with van der Waals surface area (Å²) in [4.78, 5) is 16.6. The summed E-state index contributed by atoms with van der Waals surface area (Å²) in [5, 5.41) is 12.6. The molecule has 1 aromatic carbocycles. The van der Waals surface area contributed by atoms with Crippen LogP contribution in [0.3, 0.4) is 0 Å². The summed E-state index contributed by atoms with van der Waals surface area (Å²) in [6.45, 7) is -1.20. The lowest BCUT2D eigenvalue weighted by Gasteiger charge is -2.17. The smallest absolute Gasteiger partial charge is 0.342 e. The molecule has 1 N–H and O–H groups in total. The zero-order chi connectivity index (χ0) is 19.3. The van der Waals surface area contributed by atoms with Crippen molar-refractivity contribution in [2.75, 3.05) is 5.75 Å². The maximum Gasteiger partial charge on any atom is 0.406 e. The molecule has 0 spiro atoms. The fourth-order valence-corrected chi connectivity index (χ4v) is 3.74. The second kappa shape index (κ2) is 8.53. The largest absolute Gasteiger partial charge is 0.406 e. The number of carbonyl (C=O) groups excluding carboxylic acids is 1. The molecular weight excluding hydrogens is 399 g/mol. The number of thiazole rings is 1. The third-order valence-electron chi connectivity index (χ3n) is 3.40. The van der Waals surface area contributed by atoms with Gasteiger partial charge < -0.3 is 5.32 Å². The molecule has 0 fully saturated rings. The molecule has 27 heavy (non-hydrogen) atoms. The van der Waals surface area contributed by atoms with Crippen LogP contribution in [0, 0.1) is 0 Å². The van der Waals surface area contributed by atoms with E-state index in [2.05, 4.69) is 20.5 Å². The molecule has 0 radical (unpaired) electrons. The van der Waals surface area contributed by atoms with Gasteiger partial charge in [-0.05, 0) is 5.56 Å². The normalized spacial score (nSPS) is 12.7. The van der Waals surface area contributed by atoms with Crippen LogP contribution in [-0.4, -0.2) is 37.6 Å². The topological polar surface area (TPSA) is 72.7 Å². The SMILES string of the molecule is O=C(CSc1nncn1CC(F)(F)F)NC(c1ccccc1)c1nccs1. The number of nitrogens with one attached hydrogen (secondary N) is 1. The van der Waals surface area contributed by atoms with Gasteiger partial charge >= 0.3 is 6.18 Å². The summed E-state index contributed by atoms with van der Waals surface area (Å²) in [6, 6.07) is 8.91. The van der Waals surface area contributed by atoms with Crippen LogP contribution in [0.15, 0.2) is 53.4 Å². The fourth-order valence-electron chi connectivity index (χ4n) is 2.30. The number of thioether (sulfide) groups is 1. The molecule has 0 aliphatic rings. The molecule has 3 rings (SSSR count). The zero-order valence-electron chi connectivity index (χ0n) is 13.8. The number of aromatic nitrogens is 4. The number of alkyl halides is 3. The number of benzene rings is 1. The van der Waals surface area contributed by atoms with Crippen LogP contribution in [0.5, 0.6) is 0 Å². The molecule has 1 unspecified atom stereocenters. The van der Waals surface area contributed by atoms with Crippen molar-refractivity contribution < 1.29 is 18.0 Å². The van der Waals surface area contributed by atoms with Gasteiger partial charge in [0.2, 0.25) is 5.91 Å². The molecule has 0 bridgehead atoms. The Bertz CT molecular complexity index is 868. The van der Waals surface area contributed by atoms with E-state index >= 15 is 0 Å². The van der Waals surface area contributed by atoms with Crippen LogP contribution in [-0.2, 0) is 11.3 Å². The lowest BCUT2D eigenvalue weighted by atomic mass is 10.1. The Morgan fingerprint density at radius 1 is 1.30 bits per heavy atom. The Kier molecular flexibility index (Phi) is 6.11. The molecule has 0 aliphatic heterocycles. The van der Waals surface area contributed by atoms with Gasteiger partial charge in [-0.15, -0.1) is 21.5 Å². The van der Waals surface area contributed by atoms with Gasteiger partial charge in [-0.1, -0.05) is 42.1 Å². The summed E-state index contributed by atoms with van der Waals surface area (Å²) < 4.78 is 38.5. The summed E-state index contributed by atoms with van der Waals surface area (Å²) in [6.07, 6.45) is -1.74. The van der Waals surface area contributed by atoms with Crippen molar-refractivity contribution in [1.29, 1.82) is 0 Å². The molecule has 2 aromatic heterocycles. The maximum absolute atomic E-state index is 12.5. The first-order valence-corrected chi connectivity index (χ1v) is 9.60. The Balaban J connectivity index is 1.65. The van der Waals surface area contributed by atoms with Gasteiger partial charge in [0.25, 0.3) is 0 Å². The minimum atomic E-state index is -4.39. The first kappa shape index (κ1) is 19.4. The number of amides is 1. The second-order valence-corrected chi connectivity index (χ2v) is 7.30. The van der Waals surface area contributed by atoms with Crippen LogP contribution in [0.2, 0.25) is 0 Å². The number of nitrogens with zero attached hydrogens (tertiary/aromatic N) is 4. The van der Waals surface area contributed by atoms with Crippen molar-refractivity contribution >= 4 is 29.0 Å². The average Bonchev–Trinajstić information content (AvgIpc) is 3.29. The van der Waals surface area contributed by atoms with Crippen molar-refractivity contribution in [2.24, 2.45) is 0 Å². The summed E-state index contributed by atoms with van der Waals surface area (Å²) >= 11 is 2.31. The van der Waals surface area contributed by atoms with E-state index in [1.165, 1.54) is 11.3 Å². The van der Waals surface area contributed by atoms with Gasteiger partial charge in [-0.2, -0.15) is 13.2 Å². The van der Waals surface area contributed by atoms with Crippen LogP contribution in [0.4, 0.5) is 13.2 Å². The summed E-state index contributed by atoms with van der Waals surface area (Å²) in [5.74, 6) is -0.434. The van der Waals surface area contributed by atoms with E-state index in [-0.39, 0.29) is 16.8 Å². The first-order valence-electron chi connectivity index (χ1n) is 7.73. The van der Waals surface area contributed by atoms with E-state index in [0.717, 1.165) is 33.2 Å². The average molecular weight is 413 g/mol. The minimum absolute atomic E-state index is 0.0352. The quantitative estimate of drug-likeness (QED) is 0.602. The second-order valence-electron chi connectivity index (χ2n) is 5.43. The van der Waals surface area contributed by atoms with E-state index in [1.54, 1.807) is 6.20 Å². The molecule has 2 heterocycles. The van der Waals surface area contributed by atoms with Crippen molar-refractivity contribution in [3.8, 4) is 0 Å². The molecule has 0 saturated carbocycles. The Morgan fingerprint density at radius 3 is 2.74 bits per heavy atom. The lowest BCUT2D eigenvalue weighted by Crippen LogP contribution is -2.30. The van der Waals surface area contributed by atoms with Gasteiger partial charge in [0.1, 0.15) is 23.9 Å². The van der Waals surface area contributed by atoms with Crippen LogP contribution >= 0.6 is 23.1 Å². The van der Waals surface area contributed by atoms with Crippen molar-refractivity contribution in [3.05, 3.63) is 58.8 Å². The zero-order valence-corrected chi connectivity index (χ0v) is 15.4. The van der Waals surface area contributed by atoms with Gasteiger partial charge in [0.15, 0.2) is 5.16 Å². The standard InChI is InChI=1S/C16H14F3N5OS2/c17-16(18,19)9-24-10-21-23-15(24)27-8-12(25)22-13(14-20-6-7-26-14)11-4-2-1-3-5-11/h1-7,10,13H,8-9H2,(H,22,25). The predicted molar refractivity (Wildman–Crippen MR) is 95.3 cm³/mol. The number of halogens is 3. The van der Waals surface area contributed by atoms with Gasteiger partial charge in [-0.3, -0.25) is 9.36 Å². The summed E-state index contributed by atoms with van der Waals surface area (Å²) in [5.41, 5.74) is 0.867. The monoisotopic (exact) mass is 413 g/mol. The highest BCUT2D eigenvalue weighted by Crippen LogP contribution is 2.25. The minimum Gasteiger partial charge on any atom is -0.342 e. The van der Waals surface area contributed by atoms with E-state index in [1.807, 2.05) is 35.7 Å². The molecular formula is C16H14F3N5OS2. The van der Waals surface area contributed by atoms with Crippen molar-refractivity contribution in [1.82, 2.24) is 25.1 Å². The molecule has 1 atom stereocenters. The lowest BCUT2D eigenvalue weighted by molar-refractivity contribution is -0.142. The summed E-state index contributed by atoms with van der Waals surface area (Å²) in [7, 11) is 0. The Morgan fingerprint density at radius 2 is 2.07 bits per heavy atom. The molecule has 3 aromatic rings. The van der Waals surface area contributed by atoms with E-state index in [9.17, 15) is 18.0 Å². The number of rotatable bonds is 7. The van der Waals surface area contributed by atoms with E-state index in [4.69, 9.17) is 0 Å². The molecule has 0 aliphatic carbocycles. The highest BCUT2D eigenvalue weighted by Gasteiger charge is 2.29. The Hall–Kier alpha value is -2.40. The van der Waals surface area contributed by atoms with Crippen LogP contribution in [0.1, 0.15) is 16.6 Å². The number of hydrogen-bond donors (Lipinski definition) is 1. The molecule has 142 valence electrons. The van der Waals surface area contributed by atoms with Crippen LogP contribution in [0.25, 0.3) is 0 Å². The third-order valence-corrected chi connectivity index (χ3v) is 5.22. The van der Waals surface area contributed by atoms with Crippen molar-refractivity contribution in [2.45, 2.75) is 23.9 Å². The number of carbonyl (C=O) groups is 1. The molecule has 1 amide bonds. The van der Waals surface area contributed by atoms with E-state index in [0.29, 0.717) is 0 Å². The highest BCUT2D eigenvalue weighted by molar-refractivity contribution is 7.99. The van der Waals surface area contributed by atoms with Gasteiger partial charge in [0, 0.05) is 11.6 Å². The molecule has 0 saturated heterocycles. The third kappa shape index (κ3) is 5.54. The first-order chi connectivity index (χ1) is 12.9.